The monoisotopic (exact) mass is 300 g/mol. The minimum absolute atomic E-state index is 0.546. The molecule has 2 heterocycles. The van der Waals surface area contributed by atoms with Crippen LogP contribution in [0.3, 0.4) is 0 Å². The Morgan fingerprint density at radius 2 is 2.19 bits per heavy atom. The molecule has 0 aliphatic heterocycles. The van der Waals surface area contributed by atoms with Crippen LogP contribution in [0.4, 0.5) is 5.82 Å². The van der Waals surface area contributed by atoms with Gasteiger partial charge < -0.3 is 10.3 Å². The molecular weight excluding hydrogens is 284 g/mol. The number of halogens is 1. The van der Waals surface area contributed by atoms with Crippen molar-refractivity contribution < 1.29 is 0 Å². The molecule has 0 aliphatic rings. The highest BCUT2D eigenvalue weighted by Crippen LogP contribution is 2.23. The fourth-order valence-corrected chi connectivity index (χ4v) is 2.71. The Bertz CT molecular complexity index is 751. The van der Waals surface area contributed by atoms with Gasteiger partial charge in [-0.05, 0) is 24.0 Å². The molecule has 3 rings (SSSR count). The third kappa shape index (κ3) is 2.85. The van der Waals surface area contributed by atoms with E-state index in [4.69, 9.17) is 11.6 Å². The molecule has 0 atom stereocenters. The Kier molecular flexibility index (Phi) is 4.06. The minimum Gasteiger partial charge on any atom is -0.368 e. The molecule has 2 N–H and O–H groups in total. The zero-order valence-corrected chi connectivity index (χ0v) is 12.6. The van der Waals surface area contributed by atoms with E-state index in [1.165, 1.54) is 28.4 Å². The van der Waals surface area contributed by atoms with E-state index < -0.39 is 0 Å². The van der Waals surface area contributed by atoms with Crippen molar-refractivity contribution in [2.24, 2.45) is 0 Å². The van der Waals surface area contributed by atoms with Crippen molar-refractivity contribution in [3.63, 3.8) is 0 Å². The lowest BCUT2D eigenvalue weighted by Crippen LogP contribution is -2.06. The molecular formula is C16H17ClN4. The summed E-state index contributed by atoms with van der Waals surface area (Å²) in [6.07, 6.45) is 7.12. The van der Waals surface area contributed by atoms with Gasteiger partial charge in [0.05, 0.1) is 6.20 Å². The predicted octanol–water partition coefficient (Wildman–Crippen LogP) is 3.83. The van der Waals surface area contributed by atoms with E-state index in [1.807, 2.05) is 0 Å². The van der Waals surface area contributed by atoms with E-state index in [1.54, 1.807) is 6.20 Å². The van der Waals surface area contributed by atoms with E-state index in [-0.39, 0.29) is 0 Å². The van der Waals surface area contributed by atoms with Crippen LogP contribution in [0.15, 0.2) is 36.9 Å². The molecule has 2 aromatic heterocycles. The lowest BCUT2D eigenvalue weighted by molar-refractivity contribution is 1.01. The molecule has 0 saturated heterocycles. The van der Waals surface area contributed by atoms with Crippen LogP contribution in [-0.4, -0.2) is 21.5 Å². The first-order valence-corrected chi connectivity index (χ1v) is 7.44. The Hall–Kier alpha value is -2.07. The van der Waals surface area contributed by atoms with Crippen molar-refractivity contribution in [1.29, 1.82) is 0 Å². The largest absolute Gasteiger partial charge is 0.368 e. The zero-order chi connectivity index (χ0) is 14.7. The molecule has 5 heteroatoms. The molecule has 4 nitrogen and oxygen atoms in total. The smallest absolute Gasteiger partial charge is 0.148 e. The summed E-state index contributed by atoms with van der Waals surface area (Å²) in [4.78, 5) is 11.4. The first-order valence-electron chi connectivity index (χ1n) is 7.06. The molecule has 0 bridgehead atoms. The SMILES string of the molecule is CCc1cccc2c(CCNc3ncncc3Cl)c[nH]c12. The normalized spacial score (nSPS) is 11.0. The highest BCUT2D eigenvalue weighted by Gasteiger charge is 2.07. The molecule has 0 amide bonds. The van der Waals surface area contributed by atoms with Crippen molar-refractivity contribution in [3.05, 3.63) is 53.1 Å². The number of H-pyrrole nitrogens is 1. The van der Waals surface area contributed by atoms with Crippen molar-refractivity contribution in [3.8, 4) is 0 Å². The second-order valence-corrected chi connectivity index (χ2v) is 5.31. The Balaban J connectivity index is 1.73. The maximum Gasteiger partial charge on any atom is 0.148 e. The Labute approximate surface area is 128 Å². The van der Waals surface area contributed by atoms with Crippen LogP contribution in [0.2, 0.25) is 5.02 Å². The molecule has 0 unspecified atom stereocenters. The van der Waals surface area contributed by atoms with Crippen LogP contribution < -0.4 is 5.32 Å². The minimum atomic E-state index is 0.546. The molecule has 3 aromatic rings. The highest BCUT2D eigenvalue weighted by atomic mass is 35.5. The van der Waals surface area contributed by atoms with Crippen LogP contribution >= 0.6 is 11.6 Å². The van der Waals surface area contributed by atoms with Gasteiger partial charge in [-0.15, -0.1) is 0 Å². The first kappa shape index (κ1) is 13.9. The zero-order valence-electron chi connectivity index (χ0n) is 11.9. The van der Waals surface area contributed by atoms with Gasteiger partial charge in [0.25, 0.3) is 0 Å². The second-order valence-electron chi connectivity index (χ2n) is 4.90. The summed E-state index contributed by atoms with van der Waals surface area (Å²) >= 11 is 6.03. The average Bonchev–Trinajstić information content (AvgIpc) is 2.92. The van der Waals surface area contributed by atoms with Gasteiger partial charge in [0.2, 0.25) is 0 Å². The van der Waals surface area contributed by atoms with Crippen molar-refractivity contribution in [2.75, 3.05) is 11.9 Å². The second kappa shape index (κ2) is 6.14. The number of benzene rings is 1. The predicted molar refractivity (Wildman–Crippen MR) is 86.9 cm³/mol. The topological polar surface area (TPSA) is 53.6 Å². The lowest BCUT2D eigenvalue weighted by atomic mass is 10.1. The Morgan fingerprint density at radius 3 is 3.00 bits per heavy atom. The number of anilines is 1. The average molecular weight is 301 g/mol. The number of hydrogen-bond acceptors (Lipinski definition) is 3. The van der Waals surface area contributed by atoms with E-state index >= 15 is 0 Å². The number of aromatic nitrogens is 3. The van der Waals surface area contributed by atoms with Crippen LogP contribution in [-0.2, 0) is 12.8 Å². The van der Waals surface area contributed by atoms with Gasteiger partial charge in [0.1, 0.15) is 17.2 Å². The summed E-state index contributed by atoms with van der Waals surface area (Å²) in [5.74, 6) is 0.681. The van der Waals surface area contributed by atoms with Gasteiger partial charge in [-0.2, -0.15) is 0 Å². The summed E-state index contributed by atoms with van der Waals surface area (Å²) < 4.78 is 0. The summed E-state index contributed by atoms with van der Waals surface area (Å²) in [6.45, 7) is 2.95. The number of nitrogens with zero attached hydrogens (tertiary/aromatic N) is 2. The number of para-hydroxylation sites is 1. The number of rotatable bonds is 5. The summed E-state index contributed by atoms with van der Waals surface area (Å²) in [7, 11) is 0. The van der Waals surface area contributed by atoms with E-state index in [0.29, 0.717) is 10.8 Å². The fourth-order valence-electron chi connectivity index (χ4n) is 2.53. The van der Waals surface area contributed by atoms with Crippen molar-refractivity contribution in [2.45, 2.75) is 19.8 Å². The van der Waals surface area contributed by atoms with Crippen LogP contribution in [0, 0.1) is 0 Å². The van der Waals surface area contributed by atoms with Crippen molar-refractivity contribution in [1.82, 2.24) is 15.0 Å². The standard InChI is InChI=1S/C16H17ClN4/c1-2-11-4-3-5-13-12(8-20-15(11)13)6-7-19-16-14(17)9-18-10-21-16/h3-5,8-10,20H,2,6-7H2,1H3,(H,18,19,21). The number of aromatic amines is 1. The van der Waals surface area contributed by atoms with Gasteiger partial charge in [-0.25, -0.2) is 9.97 Å². The van der Waals surface area contributed by atoms with E-state index in [9.17, 15) is 0 Å². The molecule has 0 saturated carbocycles. The van der Waals surface area contributed by atoms with Crippen LogP contribution in [0.5, 0.6) is 0 Å². The molecule has 108 valence electrons. The van der Waals surface area contributed by atoms with E-state index in [2.05, 4.69) is 51.6 Å². The maximum atomic E-state index is 6.03. The number of aryl methyl sites for hydroxylation is 1. The first-order chi connectivity index (χ1) is 10.3. The van der Waals surface area contributed by atoms with Gasteiger partial charge in [-0.3, -0.25) is 0 Å². The summed E-state index contributed by atoms with van der Waals surface area (Å²) in [5, 5.41) is 5.09. The van der Waals surface area contributed by atoms with Crippen LogP contribution in [0.25, 0.3) is 10.9 Å². The number of hydrogen-bond donors (Lipinski definition) is 2. The van der Waals surface area contributed by atoms with Gasteiger partial charge in [0.15, 0.2) is 0 Å². The molecule has 0 fully saturated rings. The lowest BCUT2D eigenvalue weighted by Gasteiger charge is -2.06. The molecule has 0 spiro atoms. The molecule has 1 aromatic carbocycles. The highest BCUT2D eigenvalue weighted by molar-refractivity contribution is 6.32. The maximum absolute atomic E-state index is 6.03. The van der Waals surface area contributed by atoms with Crippen LogP contribution in [0.1, 0.15) is 18.1 Å². The van der Waals surface area contributed by atoms with Gasteiger partial charge >= 0.3 is 0 Å². The number of nitrogens with one attached hydrogen (secondary N) is 2. The quantitative estimate of drug-likeness (QED) is 0.753. The third-order valence-corrected chi connectivity index (χ3v) is 3.90. The molecule has 0 aliphatic carbocycles. The Morgan fingerprint density at radius 1 is 1.29 bits per heavy atom. The third-order valence-electron chi connectivity index (χ3n) is 3.62. The molecule has 0 radical (unpaired) electrons. The van der Waals surface area contributed by atoms with E-state index in [0.717, 1.165) is 19.4 Å². The summed E-state index contributed by atoms with van der Waals surface area (Å²) in [5.41, 5.74) is 3.90. The van der Waals surface area contributed by atoms with Gasteiger partial charge in [0, 0.05) is 23.6 Å². The van der Waals surface area contributed by atoms with Crippen molar-refractivity contribution >= 4 is 28.3 Å². The van der Waals surface area contributed by atoms with Gasteiger partial charge in [-0.1, -0.05) is 36.7 Å². The fraction of sp³-hybridized carbons (Fsp3) is 0.250. The summed E-state index contributed by atoms with van der Waals surface area (Å²) in [6, 6.07) is 6.45. The number of fused-ring (bicyclic) bond motifs is 1. The molecule has 21 heavy (non-hydrogen) atoms.